The summed E-state index contributed by atoms with van der Waals surface area (Å²) in [6.45, 7) is 4.78. The molecule has 19 heavy (non-hydrogen) atoms. The second-order valence-corrected chi connectivity index (χ2v) is 4.64. The maximum atomic E-state index is 12.0. The van der Waals surface area contributed by atoms with Crippen molar-refractivity contribution in [3.8, 4) is 0 Å². The average Bonchev–Trinajstić information content (AvgIpc) is 2.38. The number of carbonyl (C=O) groups is 1. The number of hydrogen-bond donors (Lipinski definition) is 0. The molecule has 0 spiro atoms. The fraction of sp³-hybridized carbons (Fsp3) is 0.533. The van der Waals surface area contributed by atoms with E-state index >= 15 is 0 Å². The average molecular weight is 265 g/mol. The highest BCUT2D eigenvalue weighted by Crippen LogP contribution is 2.22. The number of unbranched alkanes of at least 4 members (excludes halogenated alkanes) is 1. The van der Waals surface area contributed by atoms with Crippen LogP contribution in [0.4, 0.5) is 0 Å². The van der Waals surface area contributed by atoms with Gasteiger partial charge in [-0.3, -0.25) is 0 Å². The summed E-state index contributed by atoms with van der Waals surface area (Å²) in [6, 6.07) is 7.40. The normalized spacial score (nSPS) is 12.5. The van der Waals surface area contributed by atoms with Crippen molar-refractivity contribution in [1.82, 2.24) is 5.06 Å². The van der Waals surface area contributed by atoms with Crippen LogP contribution < -0.4 is 0 Å². The number of benzene rings is 1. The third-order valence-corrected chi connectivity index (χ3v) is 2.75. The van der Waals surface area contributed by atoms with E-state index < -0.39 is 0 Å². The van der Waals surface area contributed by atoms with E-state index in [2.05, 4.69) is 6.92 Å². The molecule has 106 valence electrons. The number of rotatable bonds is 7. The van der Waals surface area contributed by atoms with Crippen molar-refractivity contribution >= 4 is 5.97 Å². The molecule has 1 aromatic carbocycles. The molecule has 0 saturated heterocycles. The summed E-state index contributed by atoms with van der Waals surface area (Å²) in [5.74, 6) is -0.355. The third kappa shape index (κ3) is 5.01. The predicted octanol–water partition coefficient (Wildman–Crippen LogP) is 3.20. The minimum Gasteiger partial charge on any atom is -0.374 e. The topological polar surface area (TPSA) is 38.8 Å². The first-order valence-corrected chi connectivity index (χ1v) is 6.66. The fourth-order valence-electron chi connectivity index (χ4n) is 1.75. The molecule has 0 aliphatic rings. The zero-order valence-corrected chi connectivity index (χ0v) is 12.2. The van der Waals surface area contributed by atoms with Crippen molar-refractivity contribution in [2.45, 2.75) is 32.8 Å². The van der Waals surface area contributed by atoms with Gasteiger partial charge < -0.3 is 9.57 Å². The van der Waals surface area contributed by atoms with Gasteiger partial charge in [0.2, 0.25) is 0 Å². The molecule has 1 unspecified atom stereocenters. The monoisotopic (exact) mass is 265 g/mol. The highest BCUT2D eigenvalue weighted by molar-refractivity contribution is 5.91. The van der Waals surface area contributed by atoms with Crippen LogP contribution in [0, 0.1) is 0 Å². The number of nitrogens with zero attached hydrogens (tertiary/aromatic N) is 1. The first-order chi connectivity index (χ1) is 9.06. The van der Waals surface area contributed by atoms with Gasteiger partial charge in [0, 0.05) is 20.7 Å². The van der Waals surface area contributed by atoms with Gasteiger partial charge in [-0.25, -0.2) is 4.79 Å². The Morgan fingerprint density at radius 2 is 2.00 bits per heavy atom. The lowest BCUT2D eigenvalue weighted by atomic mass is 10.0. The molecule has 1 atom stereocenters. The van der Waals surface area contributed by atoms with E-state index in [4.69, 9.17) is 9.57 Å². The minimum absolute atomic E-state index is 0.113. The summed E-state index contributed by atoms with van der Waals surface area (Å²) >= 11 is 0. The van der Waals surface area contributed by atoms with E-state index in [-0.39, 0.29) is 12.1 Å². The van der Waals surface area contributed by atoms with Crippen LogP contribution in [0.3, 0.4) is 0 Å². The third-order valence-electron chi connectivity index (χ3n) is 2.75. The first kappa shape index (κ1) is 15.7. The van der Waals surface area contributed by atoms with Gasteiger partial charge in [-0.05, 0) is 25.0 Å². The molecule has 0 N–H and O–H groups in total. The molecule has 4 heteroatoms. The van der Waals surface area contributed by atoms with Crippen molar-refractivity contribution in [3.63, 3.8) is 0 Å². The molecule has 0 bridgehead atoms. The zero-order valence-electron chi connectivity index (χ0n) is 12.2. The maximum absolute atomic E-state index is 12.0. The Hall–Kier alpha value is -1.39. The molecule has 0 amide bonds. The molecule has 0 saturated carbocycles. The van der Waals surface area contributed by atoms with E-state index in [0.29, 0.717) is 12.2 Å². The smallest absolute Gasteiger partial charge is 0.357 e. The Morgan fingerprint density at radius 3 is 2.63 bits per heavy atom. The molecular weight excluding hydrogens is 242 g/mol. The van der Waals surface area contributed by atoms with Crippen molar-refractivity contribution in [3.05, 3.63) is 35.4 Å². The first-order valence-electron chi connectivity index (χ1n) is 6.66. The van der Waals surface area contributed by atoms with Gasteiger partial charge in [0.15, 0.2) is 0 Å². The Labute approximate surface area is 115 Å². The van der Waals surface area contributed by atoms with E-state index in [9.17, 15) is 4.79 Å². The summed E-state index contributed by atoms with van der Waals surface area (Å²) in [5.41, 5.74) is 1.42. The van der Waals surface area contributed by atoms with Crippen LogP contribution in [0.5, 0.6) is 0 Å². The van der Waals surface area contributed by atoms with Crippen molar-refractivity contribution in [1.29, 1.82) is 0 Å². The lowest BCUT2D eigenvalue weighted by molar-refractivity contribution is -0.0717. The largest absolute Gasteiger partial charge is 0.374 e. The van der Waals surface area contributed by atoms with Crippen LogP contribution in [0.15, 0.2) is 24.3 Å². The SMILES string of the molecule is CCCCOC(C)c1ccccc1C(=O)ON(C)C. The fourth-order valence-corrected chi connectivity index (χ4v) is 1.75. The molecule has 4 nitrogen and oxygen atoms in total. The quantitative estimate of drug-likeness (QED) is 0.560. The van der Waals surface area contributed by atoms with Crippen LogP contribution >= 0.6 is 0 Å². The predicted molar refractivity (Wildman–Crippen MR) is 74.8 cm³/mol. The zero-order chi connectivity index (χ0) is 14.3. The van der Waals surface area contributed by atoms with Crippen LogP contribution in [0.25, 0.3) is 0 Å². The van der Waals surface area contributed by atoms with Crippen LogP contribution in [0.1, 0.15) is 48.7 Å². The van der Waals surface area contributed by atoms with Gasteiger partial charge in [0.25, 0.3) is 0 Å². The maximum Gasteiger partial charge on any atom is 0.357 e. The Bertz CT molecular complexity index is 404. The Balaban J connectivity index is 2.80. The van der Waals surface area contributed by atoms with Crippen molar-refractivity contribution < 1.29 is 14.4 Å². The second kappa shape index (κ2) is 7.92. The lowest BCUT2D eigenvalue weighted by Gasteiger charge is -2.17. The van der Waals surface area contributed by atoms with Gasteiger partial charge in [-0.2, -0.15) is 0 Å². The molecule has 0 aliphatic carbocycles. The number of carbonyl (C=O) groups excluding carboxylic acids is 1. The van der Waals surface area contributed by atoms with Gasteiger partial charge in [0.05, 0.1) is 11.7 Å². The van der Waals surface area contributed by atoms with Gasteiger partial charge in [-0.15, -0.1) is 5.06 Å². The van der Waals surface area contributed by atoms with E-state index in [1.54, 1.807) is 20.2 Å². The highest BCUT2D eigenvalue weighted by Gasteiger charge is 2.18. The Kier molecular flexibility index (Phi) is 6.53. The van der Waals surface area contributed by atoms with Crippen LogP contribution in [0.2, 0.25) is 0 Å². The second-order valence-electron chi connectivity index (χ2n) is 4.64. The molecule has 0 aliphatic heterocycles. The summed E-state index contributed by atoms with van der Waals surface area (Å²) < 4.78 is 5.74. The van der Waals surface area contributed by atoms with Gasteiger partial charge in [-0.1, -0.05) is 31.5 Å². The molecule has 0 fully saturated rings. The molecule has 0 aromatic heterocycles. The van der Waals surface area contributed by atoms with E-state index in [1.165, 1.54) is 5.06 Å². The molecule has 1 rings (SSSR count). The Morgan fingerprint density at radius 1 is 1.32 bits per heavy atom. The molecule has 1 aromatic rings. The summed E-state index contributed by atoms with van der Waals surface area (Å²) in [5, 5.41) is 1.39. The molecule has 0 heterocycles. The van der Waals surface area contributed by atoms with Crippen molar-refractivity contribution in [2.24, 2.45) is 0 Å². The minimum atomic E-state index is -0.355. The number of ether oxygens (including phenoxy) is 1. The van der Waals surface area contributed by atoms with Crippen LogP contribution in [-0.4, -0.2) is 31.7 Å². The highest BCUT2D eigenvalue weighted by atomic mass is 16.7. The molecular formula is C15H23NO3. The summed E-state index contributed by atoms with van der Waals surface area (Å²) in [7, 11) is 3.36. The van der Waals surface area contributed by atoms with Crippen LogP contribution in [-0.2, 0) is 9.57 Å². The van der Waals surface area contributed by atoms with Gasteiger partial charge >= 0.3 is 5.97 Å². The van der Waals surface area contributed by atoms with Gasteiger partial charge in [0.1, 0.15) is 0 Å². The summed E-state index contributed by atoms with van der Waals surface area (Å²) in [4.78, 5) is 17.1. The standard InChI is InChI=1S/C15H23NO3/c1-5-6-11-18-12(2)13-9-7-8-10-14(13)15(17)19-16(3)4/h7-10,12H,5-6,11H2,1-4H3. The molecule has 0 radical (unpaired) electrons. The number of hydroxylamine groups is 2. The summed E-state index contributed by atoms with van der Waals surface area (Å²) in [6.07, 6.45) is 2.00. The van der Waals surface area contributed by atoms with Crippen molar-refractivity contribution in [2.75, 3.05) is 20.7 Å². The van der Waals surface area contributed by atoms with E-state index in [0.717, 1.165) is 18.4 Å². The lowest BCUT2D eigenvalue weighted by Crippen LogP contribution is -2.20. The number of hydrogen-bond acceptors (Lipinski definition) is 4. The van der Waals surface area contributed by atoms with E-state index in [1.807, 2.05) is 25.1 Å².